The molecule has 2 heterocycles. The highest BCUT2D eigenvalue weighted by atomic mass is 35.5. The largest absolute Gasteiger partial charge is 0.481 e. The molecule has 0 saturated carbocycles. The van der Waals surface area contributed by atoms with Gasteiger partial charge in [-0.1, -0.05) is 18.5 Å². The number of nitrogens with zero attached hydrogens (tertiary/aromatic N) is 2. The van der Waals surface area contributed by atoms with Crippen LogP contribution >= 0.6 is 11.6 Å². The molecule has 0 aliphatic carbocycles. The second-order valence-corrected chi connectivity index (χ2v) is 7.85. The van der Waals surface area contributed by atoms with Gasteiger partial charge in [-0.2, -0.15) is 5.10 Å². The van der Waals surface area contributed by atoms with E-state index in [4.69, 9.17) is 11.6 Å². The number of hydrogen-bond donors (Lipinski definition) is 1. The minimum atomic E-state index is -3.30. The Labute approximate surface area is 122 Å². The summed E-state index contributed by atoms with van der Waals surface area (Å²) in [5.74, 6) is -1.51. The van der Waals surface area contributed by atoms with E-state index in [0.29, 0.717) is 22.8 Å². The maximum absolute atomic E-state index is 11.7. The molecule has 0 aromatic carbocycles. The van der Waals surface area contributed by atoms with Crippen LogP contribution in [0.25, 0.3) is 0 Å². The lowest BCUT2D eigenvalue weighted by Gasteiger charge is -2.22. The van der Waals surface area contributed by atoms with Gasteiger partial charge in [-0.05, 0) is 12.8 Å². The summed E-state index contributed by atoms with van der Waals surface area (Å²) in [7, 11) is -1.60. The Balaban J connectivity index is 2.41. The van der Waals surface area contributed by atoms with E-state index in [0.717, 1.165) is 0 Å². The van der Waals surface area contributed by atoms with Crippen molar-refractivity contribution in [3.8, 4) is 0 Å². The van der Waals surface area contributed by atoms with Gasteiger partial charge in [-0.3, -0.25) is 9.48 Å². The van der Waals surface area contributed by atoms with Crippen molar-refractivity contribution in [2.45, 2.75) is 26.2 Å². The van der Waals surface area contributed by atoms with Crippen LogP contribution in [0.2, 0.25) is 5.02 Å². The molecule has 6 nitrogen and oxygen atoms in total. The molecule has 112 valence electrons. The van der Waals surface area contributed by atoms with Crippen molar-refractivity contribution in [3.63, 3.8) is 0 Å². The number of carbonyl (C=O) groups is 1. The van der Waals surface area contributed by atoms with Gasteiger partial charge >= 0.3 is 5.97 Å². The summed E-state index contributed by atoms with van der Waals surface area (Å²) in [6, 6.07) is 0. The van der Waals surface area contributed by atoms with E-state index >= 15 is 0 Å². The van der Waals surface area contributed by atoms with Gasteiger partial charge in [0.15, 0.2) is 9.84 Å². The van der Waals surface area contributed by atoms with Crippen molar-refractivity contribution in [1.29, 1.82) is 0 Å². The summed E-state index contributed by atoms with van der Waals surface area (Å²) in [5.41, 5.74) is -0.00468. The van der Waals surface area contributed by atoms with Crippen molar-refractivity contribution < 1.29 is 18.3 Å². The third-order valence-corrected chi connectivity index (χ3v) is 6.11. The van der Waals surface area contributed by atoms with Crippen LogP contribution in [0.3, 0.4) is 0 Å². The van der Waals surface area contributed by atoms with E-state index in [-0.39, 0.29) is 24.3 Å². The second-order valence-electron chi connectivity index (χ2n) is 5.29. The third kappa shape index (κ3) is 2.56. The first-order valence-corrected chi connectivity index (χ1v) is 8.55. The highest BCUT2D eigenvalue weighted by molar-refractivity contribution is 7.91. The average molecular weight is 321 g/mol. The highest BCUT2D eigenvalue weighted by Gasteiger charge is 2.49. The van der Waals surface area contributed by atoms with Crippen LogP contribution in [0.5, 0.6) is 0 Å². The molecule has 1 atom stereocenters. The van der Waals surface area contributed by atoms with Gasteiger partial charge < -0.3 is 5.11 Å². The molecule has 1 aliphatic heterocycles. The number of halogens is 1. The molecule has 0 bridgehead atoms. The first kappa shape index (κ1) is 15.3. The fraction of sp³-hybridized carbons (Fsp3) is 0.667. The SMILES string of the molecule is CCc1nn(C)c(CC2(C(=O)O)CCS(=O)(=O)C2)c1Cl. The summed E-state index contributed by atoms with van der Waals surface area (Å²) >= 11 is 6.22. The number of carboxylic acid groups (broad SMARTS) is 1. The van der Waals surface area contributed by atoms with E-state index in [1.807, 2.05) is 6.92 Å². The van der Waals surface area contributed by atoms with E-state index in [1.54, 1.807) is 11.7 Å². The predicted molar refractivity (Wildman–Crippen MR) is 74.6 cm³/mol. The van der Waals surface area contributed by atoms with Crippen LogP contribution in [0, 0.1) is 5.41 Å². The highest BCUT2D eigenvalue weighted by Crippen LogP contribution is 2.38. The first-order valence-electron chi connectivity index (χ1n) is 6.35. The van der Waals surface area contributed by atoms with Gasteiger partial charge in [0, 0.05) is 13.5 Å². The zero-order valence-corrected chi connectivity index (χ0v) is 13.0. The van der Waals surface area contributed by atoms with Crippen molar-refractivity contribution in [2.75, 3.05) is 11.5 Å². The molecule has 1 unspecified atom stereocenters. The summed E-state index contributed by atoms with van der Waals surface area (Å²) in [6.45, 7) is 1.91. The number of hydrogen-bond acceptors (Lipinski definition) is 4. The van der Waals surface area contributed by atoms with Crippen molar-refractivity contribution in [2.24, 2.45) is 12.5 Å². The minimum Gasteiger partial charge on any atom is -0.481 e. The van der Waals surface area contributed by atoms with Gasteiger partial charge in [0.1, 0.15) is 0 Å². The molecule has 0 radical (unpaired) electrons. The molecule has 0 amide bonds. The van der Waals surface area contributed by atoms with Crippen molar-refractivity contribution in [3.05, 3.63) is 16.4 Å². The smallest absolute Gasteiger partial charge is 0.311 e. The maximum atomic E-state index is 11.7. The third-order valence-electron chi connectivity index (χ3n) is 3.85. The quantitative estimate of drug-likeness (QED) is 0.896. The number of aliphatic carboxylic acids is 1. The molecular formula is C12H17ClN2O4S. The van der Waals surface area contributed by atoms with Crippen LogP contribution in [-0.2, 0) is 34.5 Å². The number of sulfone groups is 1. The normalized spacial score (nSPS) is 24.9. The van der Waals surface area contributed by atoms with Crippen LogP contribution in [-0.4, -0.2) is 40.8 Å². The fourth-order valence-electron chi connectivity index (χ4n) is 2.63. The Morgan fingerprint density at radius 3 is 2.60 bits per heavy atom. The van der Waals surface area contributed by atoms with E-state index < -0.39 is 21.2 Å². The molecule has 20 heavy (non-hydrogen) atoms. The van der Waals surface area contributed by atoms with Crippen molar-refractivity contribution >= 4 is 27.4 Å². The molecule has 8 heteroatoms. The Kier molecular flexibility index (Phi) is 3.85. The van der Waals surface area contributed by atoms with Crippen LogP contribution in [0.4, 0.5) is 0 Å². The van der Waals surface area contributed by atoms with Gasteiger partial charge in [0.05, 0.1) is 33.3 Å². The molecule has 1 N–H and O–H groups in total. The summed E-state index contributed by atoms with van der Waals surface area (Å²) in [6.07, 6.45) is 0.850. The molecule has 1 aromatic rings. The molecule has 1 aromatic heterocycles. The maximum Gasteiger partial charge on any atom is 0.311 e. The minimum absolute atomic E-state index is 0.0872. The summed E-state index contributed by atoms with van der Waals surface area (Å²) in [5, 5.41) is 14.2. The van der Waals surface area contributed by atoms with E-state index in [2.05, 4.69) is 5.10 Å². The van der Waals surface area contributed by atoms with Gasteiger partial charge in [0.2, 0.25) is 0 Å². The lowest BCUT2D eigenvalue weighted by atomic mass is 9.82. The molecular weight excluding hydrogens is 304 g/mol. The number of aromatic nitrogens is 2. The Hall–Kier alpha value is -1.08. The lowest BCUT2D eigenvalue weighted by Crippen LogP contribution is -2.35. The topological polar surface area (TPSA) is 89.3 Å². The molecule has 1 fully saturated rings. The number of aryl methyl sites for hydroxylation is 2. The van der Waals surface area contributed by atoms with Crippen LogP contribution in [0.15, 0.2) is 0 Å². The number of carboxylic acids is 1. The van der Waals surface area contributed by atoms with E-state index in [9.17, 15) is 18.3 Å². The summed E-state index contributed by atoms with van der Waals surface area (Å²) < 4.78 is 24.9. The van der Waals surface area contributed by atoms with E-state index in [1.165, 1.54) is 0 Å². The molecule has 1 aliphatic rings. The van der Waals surface area contributed by atoms with Crippen molar-refractivity contribution in [1.82, 2.24) is 9.78 Å². The molecule has 0 spiro atoms. The second kappa shape index (κ2) is 5.04. The standard InChI is InChI=1S/C12H17ClN2O4S/c1-3-8-10(13)9(15(2)14-8)6-12(11(16)17)4-5-20(18,19)7-12/h3-7H2,1-2H3,(H,16,17). The lowest BCUT2D eigenvalue weighted by molar-refractivity contribution is -0.147. The van der Waals surface area contributed by atoms with Crippen LogP contribution < -0.4 is 0 Å². The zero-order valence-electron chi connectivity index (χ0n) is 11.4. The van der Waals surface area contributed by atoms with Crippen LogP contribution in [0.1, 0.15) is 24.7 Å². The van der Waals surface area contributed by atoms with Gasteiger partial charge in [-0.15, -0.1) is 0 Å². The predicted octanol–water partition coefficient (Wildman–Crippen LogP) is 1.07. The number of rotatable bonds is 4. The fourth-order valence-corrected chi connectivity index (χ4v) is 5.05. The Morgan fingerprint density at radius 2 is 2.20 bits per heavy atom. The Morgan fingerprint density at radius 1 is 1.55 bits per heavy atom. The monoisotopic (exact) mass is 320 g/mol. The first-order chi connectivity index (χ1) is 9.21. The zero-order chi connectivity index (χ0) is 15.1. The average Bonchev–Trinajstić information content (AvgIpc) is 2.81. The molecule has 1 saturated heterocycles. The summed E-state index contributed by atoms with van der Waals surface area (Å²) in [4.78, 5) is 11.6. The van der Waals surface area contributed by atoms with Gasteiger partial charge in [0.25, 0.3) is 0 Å². The van der Waals surface area contributed by atoms with Gasteiger partial charge in [-0.25, -0.2) is 8.42 Å². The Bertz CT molecular complexity index is 653. The molecule has 2 rings (SSSR count).